The van der Waals surface area contributed by atoms with E-state index in [0.717, 1.165) is 13.1 Å². The first kappa shape index (κ1) is 12.8. The summed E-state index contributed by atoms with van der Waals surface area (Å²) in [6.07, 6.45) is 0. The molecule has 0 aliphatic carbocycles. The molecule has 5 heteroatoms. The first-order valence-corrected chi connectivity index (χ1v) is 8.13. The van der Waals surface area contributed by atoms with Crippen molar-refractivity contribution < 1.29 is 0 Å². The van der Waals surface area contributed by atoms with Crippen molar-refractivity contribution in [3.63, 3.8) is 0 Å². The maximum atomic E-state index is 3.56. The summed E-state index contributed by atoms with van der Waals surface area (Å²) in [5.74, 6) is 0. The van der Waals surface area contributed by atoms with E-state index < -0.39 is 0 Å². The molecule has 86 valence electrons. The Labute approximate surface area is 120 Å². The summed E-state index contributed by atoms with van der Waals surface area (Å²) in [4.78, 5) is 3.71. The largest absolute Gasteiger partial charge is 0.297 e. The molecule has 2 heterocycles. The van der Waals surface area contributed by atoms with Crippen LogP contribution in [0.5, 0.6) is 0 Å². The van der Waals surface area contributed by atoms with E-state index in [1.165, 1.54) is 18.7 Å². The Balaban J connectivity index is 1.94. The SMILES string of the molecule is CN(Cc1csc(Br)c1)Cc1sccc1Br. The van der Waals surface area contributed by atoms with E-state index in [1.54, 1.807) is 22.7 Å². The number of rotatable bonds is 4. The molecule has 1 nitrogen and oxygen atoms in total. The van der Waals surface area contributed by atoms with E-state index in [9.17, 15) is 0 Å². The van der Waals surface area contributed by atoms with Gasteiger partial charge in [0.25, 0.3) is 0 Å². The van der Waals surface area contributed by atoms with Crippen LogP contribution in [-0.2, 0) is 13.1 Å². The van der Waals surface area contributed by atoms with Gasteiger partial charge < -0.3 is 0 Å². The van der Waals surface area contributed by atoms with Crippen LogP contribution in [0.2, 0.25) is 0 Å². The third-order valence-corrected chi connectivity index (χ3v) is 5.64. The molecular formula is C11H11Br2NS2. The minimum atomic E-state index is 0.992. The highest BCUT2D eigenvalue weighted by atomic mass is 79.9. The molecule has 0 saturated heterocycles. The molecule has 2 aromatic rings. The fourth-order valence-corrected chi connectivity index (χ4v) is 4.24. The molecule has 0 aromatic carbocycles. The second-order valence-electron chi connectivity index (χ2n) is 3.62. The van der Waals surface area contributed by atoms with E-state index in [0.29, 0.717) is 0 Å². The zero-order chi connectivity index (χ0) is 11.5. The average molecular weight is 381 g/mol. The molecule has 0 bridgehead atoms. The lowest BCUT2D eigenvalue weighted by Crippen LogP contribution is -2.16. The van der Waals surface area contributed by atoms with Gasteiger partial charge in [0.15, 0.2) is 0 Å². The zero-order valence-electron chi connectivity index (χ0n) is 8.74. The van der Waals surface area contributed by atoms with Crippen molar-refractivity contribution in [3.05, 3.63) is 41.6 Å². The second kappa shape index (κ2) is 5.78. The molecule has 2 aromatic heterocycles. The summed E-state index contributed by atoms with van der Waals surface area (Å²) >= 11 is 10.6. The molecular weight excluding hydrogens is 370 g/mol. The molecule has 0 aliphatic rings. The van der Waals surface area contributed by atoms with E-state index in [-0.39, 0.29) is 0 Å². The fraction of sp³-hybridized carbons (Fsp3) is 0.273. The van der Waals surface area contributed by atoms with Gasteiger partial charge in [-0.25, -0.2) is 0 Å². The van der Waals surface area contributed by atoms with Crippen LogP contribution in [0.15, 0.2) is 31.2 Å². The number of hydrogen-bond acceptors (Lipinski definition) is 3. The van der Waals surface area contributed by atoms with Gasteiger partial charge in [0, 0.05) is 22.4 Å². The van der Waals surface area contributed by atoms with Gasteiger partial charge in [0.2, 0.25) is 0 Å². The Morgan fingerprint density at radius 1 is 1.25 bits per heavy atom. The lowest BCUT2D eigenvalue weighted by Gasteiger charge is -2.14. The van der Waals surface area contributed by atoms with Crippen molar-refractivity contribution in [1.29, 1.82) is 0 Å². The van der Waals surface area contributed by atoms with Crippen molar-refractivity contribution in [2.45, 2.75) is 13.1 Å². The smallest absolute Gasteiger partial charge is 0.0701 e. The van der Waals surface area contributed by atoms with Crippen molar-refractivity contribution in [2.75, 3.05) is 7.05 Å². The molecule has 0 unspecified atom stereocenters. The molecule has 0 aliphatic heterocycles. The fourth-order valence-electron chi connectivity index (χ4n) is 1.48. The normalized spacial score (nSPS) is 11.2. The molecule has 0 spiro atoms. The first-order valence-electron chi connectivity index (χ1n) is 4.78. The van der Waals surface area contributed by atoms with Gasteiger partial charge in [-0.3, -0.25) is 4.90 Å². The molecule has 0 atom stereocenters. The van der Waals surface area contributed by atoms with Gasteiger partial charge in [-0.1, -0.05) is 0 Å². The monoisotopic (exact) mass is 379 g/mol. The number of hydrogen-bond donors (Lipinski definition) is 0. The van der Waals surface area contributed by atoms with E-state index in [1.807, 2.05) is 0 Å². The van der Waals surface area contributed by atoms with Crippen LogP contribution >= 0.6 is 54.5 Å². The number of thiophene rings is 2. The van der Waals surface area contributed by atoms with Crippen LogP contribution in [0.3, 0.4) is 0 Å². The van der Waals surface area contributed by atoms with Crippen molar-refractivity contribution in [1.82, 2.24) is 4.90 Å². The maximum absolute atomic E-state index is 3.56. The van der Waals surface area contributed by atoms with E-state index >= 15 is 0 Å². The summed E-state index contributed by atoms with van der Waals surface area (Å²) in [5, 5.41) is 4.32. The van der Waals surface area contributed by atoms with Crippen LogP contribution in [0.4, 0.5) is 0 Å². The van der Waals surface area contributed by atoms with Crippen LogP contribution in [-0.4, -0.2) is 11.9 Å². The van der Waals surface area contributed by atoms with Crippen molar-refractivity contribution in [3.8, 4) is 0 Å². The standard InChI is InChI=1S/C11H11Br2NS2/c1-14(5-8-4-11(13)16-7-8)6-10-9(12)2-3-15-10/h2-4,7H,5-6H2,1H3. The summed E-state index contributed by atoms with van der Waals surface area (Å²) in [6, 6.07) is 4.29. The van der Waals surface area contributed by atoms with Crippen molar-refractivity contribution >= 4 is 54.5 Å². The Bertz CT molecular complexity index is 464. The minimum Gasteiger partial charge on any atom is -0.297 e. The Hall–Kier alpha value is 0.320. The van der Waals surface area contributed by atoms with Gasteiger partial charge in [0.1, 0.15) is 0 Å². The second-order valence-corrected chi connectivity index (χ2v) is 7.77. The lowest BCUT2D eigenvalue weighted by molar-refractivity contribution is 0.322. The molecule has 0 N–H and O–H groups in total. The average Bonchev–Trinajstić information content (AvgIpc) is 2.77. The Kier molecular flexibility index (Phi) is 4.61. The minimum absolute atomic E-state index is 0.992. The molecule has 0 fully saturated rings. The summed E-state index contributed by atoms with van der Waals surface area (Å²) < 4.78 is 2.42. The maximum Gasteiger partial charge on any atom is 0.0701 e. The highest BCUT2D eigenvalue weighted by Crippen LogP contribution is 2.25. The highest BCUT2D eigenvalue weighted by molar-refractivity contribution is 9.11. The van der Waals surface area contributed by atoms with Gasteiger partial charge >= 0.3 is 0 Å². The van der Waals surface area contributed by atoms with E-state index in [2.05, 4.69) is 66.7 Å². The van der Waals surface area contributed by atoms with Gasteiger partial charge in [-0.2, -0.15) is 0 Å². The first-order chi connectivity index (χ1) is 7.65. The third kappa shape index (κ3) is 3.40. The van der Waals surface area contributed by atoms with Crippen LogP contribution in [0, 0.1) is 0 Å². The predicted molar refractivity (Wildman–Crippen MR) is 79.2 cm³/mol. The van der Waals surface area contributed by atoms with E-state index in [4.69, 9.17) is 0 Å². The topological polar surface area (TPSA) is 3.24 Å². The quantitative estimate of drug-likeness (QED) is 0.723. The summed E-state index contributed by atoms with van der Waals surface area (Å²) in [6.45, 7) is 1.98. The van der Waals surface area contributed by atoms with Gasteiger partial charge in [0.05, 0.1) is 3.79 Å². The lowest BCUT2D eigenvalue weighted by atomic mass is 10.3. The van der Waals surface area contributed by atoms with Gasteiger partial charge in [-0.05, 0) is 67.4 Å². The molecule has 0 amide bonds. The Morgan fingerprint density at radius 2 is 2.06 bits per heavy atom. The van der Waals surface area contributed by atoms with Crippen LogP contribution in [0.25, 0.3) is 0 Å². The molecule has 2 rings (SSSR count). The van der Waals surface area contributed by atoms with Crippen LogP contribution < -0.4 is 0 Å². The number of nitrogens with zero attached hydrogens (tertiary/aromatic N) is 1. The third-order valence-electron chi connectivity index (χ3n) is 2.18. The predicted octanol–water partition coefficient (Wildman–Crippen LogP) is 4.97. The summed E-state index contributed by atoms with van der Waals surface area (Å²) in [5.41, 5.74) is 1.37. The Morgan fingerprint density at radius 3 is 2.62 bits per heavy atom. The highest BCUT2D eigenvalue weighted by Gasteiger charge is 2.07. The number of halogens is 2. The summed E-state index contributed by atoms with van der Waals surface area (Å²) in [7, 11) is 2.15. The van der Waals surface area contributed by atoms with Crippen LogP contribution in [0.1, 0.15) is 10.4 Å². The zero-order valence-corrected chi connectivity index (χ0v) is 13.5. The van der Waals surface area contributed by atoms with Gasteiger partial charge in [-0.15, -0.1) is 22.7 Å². The molecule has 16 heavy (non-hydrogen) atoms. The molecule has 0 radical (unpaired) electrons. The molecule has 0 saturated carbocycles. The van der Waals surface area contributed by atoms with Crippen molar-refractivity contribution in [2.24, 2.45) is 0 Å².